The highest BCUT2D eigenvalue weighted by Crippen LogP contribution is 2.28. The van der Waals surface area contributed by atoms with Gasteiger partial charge >= 0.3 is 0 Å². The van der Waals surface area contributed by atoms with Crippen molar-refractivity contribution in [2.45, 2.75) is 20.0 Å². The predicted octanol–water partition coefficient (Wildman–Crippen LogP) is 4.06. The summed E-state index contributed by atoms with van der Waals surface area (Å²) in [5.41, 5.74) is 1.65. The van der Waals surface area contributed by atoms with Crippen molar-refractivity contribution in [1.82, 2.24) is 0 Å². The molecule has 0 aliphatic rings. The van der Waals surface area contributed by atoms with E-state index >= 15 is 0 Å². The molecule has 4 nitrogen and oxygen atoms in total. The second kappa shape index (κ2) is 7.18. The van der Waals surface area contributed by atoms with Crippen LogP contribution in [0.1, 0.15) is 12.5 Å². The fraction of sp³-hybridized carbons (Fsp3) is 0.235. The smallest absolute Gasteiger partial charge is 0.265 e. The van der Waals surface area contributed by atoms with Crippen molar-refractivity contribution >= 4 is 23.2 Å². The maximum atomic E-state index is 12.2. The van der Waals surface area contributed by atoms with Crippen LogP contribution in [0, 0.1) is 6.92 Å². The summed E-state index contributed by atoms with van der Waals surface area (Å²) in [5, 5.41) is 3.28. The average Bonchev–Trinajstić information content (AvgIpc) is 2.49. The number of ether oxygens (including phenoxy) is 2. The van der Waals surface area contributed by atoms with Crippen LogP contribution in [-0.2, 0) is 4.79 Å². The van der Waals surface area contributed by atoms with Gasteiger partial charge in [0.2, 0.25) is 0 Å². The Morgan fingerprint density at radius 1 is 1.18 bits per heavy atom. The molecule has 1 amide bonds. The van der Waals surface area contributed by atoms with E-state index in [2.05, 4.69) is 5.32 Å². The fourth-order valence-electron chi connectivity index (χ4n) is 1.89. The molecule has 1 N–H and O–H groups in total. The summed E-state index contributed by atoms with van der Waals surface area (Å²) in [6.07, 6.45) is -0.647. The van der Waals surface area contributed by atoms with Gasteiger partial charge in [-0.2, -0.15) is 0 Å². The second-order valence-corrected chi connectivity index (χ2v) is 5.34. The quantitative estimate of drug-likeness (QED) is 0.904. The van der Waals surface area contributed by atoms with Crippen LogP contribution in [0.15, 0.2) is 42.5 Å². The van der Waals surface area contributed by atoms with Crippen LogP contribution in [0.2, 0.25) is 5.02 Å². The number of nitrogens with one attached hydrogen (secondary N) is 1. The summed E-state index contributed by atoms with van der Waals surface area (Å²) in [4.78, 5) is 12.2. The molecule has 0 heterocycles. The van der Waals surface area contributed by atoms with Crippen molar-refractivity contribution < 1.29 is 14.3 Å². The van der Waals surface area contributed by atoms with Gasteiger partial charge in [-0.1, -0.05) is 29.3 Å². The molecule has 0 bridgehead atoms. The monoisotopic (exact) mass is 319 g/mol. The maximum absolute atomic E-state index is 12.2. The number of amides is 1. The van der Waals surface area contributed by atoms with Crippen molar-refractivity contribution in [2.75, 3.05) is 12.4 Å². The number of carbonyl (C=O) groups is 1. The van der Waals surface area contributed by atoms with Crippen LogP contribution in [0.3, 0.4) is 0 Å². The Kier molecular flexibility index (Phi) is 5.28. The zero-order chi connectivity index (χ0) is 16.1. The Morgan fingerprint density at radius 3 is 2.50 bits per heavy atom. The number of methoxy groups -OCH3 is 1. The molecule has 116 valence electrons. The van der Waals surface area contributed by atoms with E-state index in [-0.39, 0.29) is 5.91 Å². The summed E-state index contributed by atoms with van der Waals surface area (Å²) in [6.45, 7) is 3.68. The minimum Gasteiger partial charge on any atom is -0.495 e. The molecule has 1 atom stereocenters. The normalized spacial score (nSPS) is 11.6. The van der Waals surface area contributed by atoms with Crippen molar-refractivity contribution in [3.8, 4) is 11.5 Å². The first kappa shape index (κ1) is 16.2. The van der Waals surface area contributed by atoms with Crippen LogP contribution in [-0.4, -0.2) is 19.1 Å². The Morgan fingerprint density at radius 2 is 1.86 bits per heavy atom. The number of hydrogen-bond acceptors (Lipinski definition) is 3. The van der Waals surface area contributed by atoms with E-state index in [1.807, 2.05) is 31.2 Å². The minimum atomic E-state index is -0.647. The second-order valence-electron chi connectivity index (χ2n) is 4.91. The molecule has 0 saturated carbocycles. The van der Waals surface area contributed by atoms with Crippen molar-refractivity contribution in [3.63, 3.8) is 0 Å². The van der Waals surface area contributed by atoms with Crippen molar-refractivity contribution in [1.29, 1.82) is 0 Å². The highest BCUT2D eigenvalue weighted by Gasteiger charge is 2.17. The molecule has 0 aliphatic carbocycles. The molecule has 0 spiro atoms. The van der Waals surface area contributed by atoms with Gasteiger partial charge in [0.15, 0.2) is 6.10 Å². The van der Waals surface area contributed by atoms with Gasteiger partial charge in [-0.25, -0.2) is 0 Å². The van der Waals surface area contributed by atoms with Gasteiger partial charge < -0.3 is 14.8 Å². The predicted molar refractivity (Wildman–Crippen MR) is 87.9 cm³/mol. The molecule has 2 aromatic carbocycles. The Bertz CT molecular complexity index is 655. The zero-order valence-electron chi connectivity index (χ0n) is 12.7. The molecule has 0 radical (unpaired) electrons. The molecule has 2 aromatic rings. The summed E-state index contributed by atoms with van der Waals surface area (Å²) < 4.78 is 10.8. The molecule has 0 fully saturated rings. The Labute approximate surface area is 135 Å². The summed E-state index contributed by atoms with van der Waals surface area (Å²) in [5.74, 6) is 0.910. The Hall–Kier alpha value is -2.20. The SMILES string of the molecule is COc1ccc(Cl)cc1NC(=O)[C@@H](C)Oc1ccc(C)cc1. The molecular formula is C17H18ClNO3. The average molecular weight is 320 g/mol. The number of halogens is 1. The van der Waals surface area contributed by atoms with E-state index in [0.29, 0.717) is 22.2 Å². The highest BCUT2D eigenvalue weighted by atomic mass is 35.5. The maximum Gasteiger partial charge on any atom is 0.265 e. The van der Waals surface area contributed by atoms with Gasteiger partial charge in [-0.05, 0) is 44.2 Å². The standard InChI is InChI=1S/C17H18ClNO3/c1-11-4-7-14(8-5-11)22-12(2)17(20)19-15-10-13(18)6-9-16(15)21-3/h4-10,12H,1-3H3,(H,19,20)/t12-/m1/s1. The van der Waals surface area contributed by atoms with Gasteiger partial charge in [-0.15, -0.1) is 0 Å². The number of anilines is 1. The number of hydrogen-bond donors (Lipinski definition) is 1. The van der Waals surface area contributed by atoms with Crippen LogP contribution in [0.25, 0.3) is 0 Å². The van der Waals surface area contributed by atoms with E-state index in [1.54, 1.807) is 25.1 Å². The summed E-state index contributed by atoms with van der Waals surface area (Å²) in [7, 11) is 1.53. The zero-order valence-corrected chi connectivity index (χ0v) is 13.5. The Balaban J connectivity index is 2.05. The lowest BCUT2D eigenvalue weighted by atomic mass is 10.2. The lowest BCUT2D eigenvalue weighted by Crippen LogP contribution is -2.30. The number of aryl methyl sites for hydroxylation is 1. The molecule has 0 aliphatic heterocycles. The summed E-state index contributed by atoms with van der Waals surface area (Å²) in [6, 6.07) is 12.6. The van der Waals surface area contributed by atoms with E-state index in [0.717, 1.165) is 5.56 Å². The topological polar surface area (TPSA) is 47.6 Å². The van der Waals surface area contributed by atoms with E-state index in [9.17, 15) is 4.79 Å². The summed E-state index contributed by atoms with van der Waals surface area (Å²) >= 11 is 5.94. The first-order valence-electron chi connectivity index (χ1n) is 6.87. The molecule has 5 heteroatoms. The van der Waals surface area contributed by atoms with Crippen molar-refractivity contribution in [3.05, 3.63) is 53.1 Å². The minimum absolute atomic E-state index is 0.277. The third kappa shape index (κ3) is 4.15. The number of rotatable bonds is 5. The van der Waals surface area contributed by atoms with Gasteiger partial charge in [0.05, 0.1) is 12.8 Å². The lowest BCUT2D eigenvalue weighted by molar-refractivity contribution is -0.122. The molecular weight excluding hydrogens is 302 g/mol. The van der Waals surface area contributed by atoms with E-state index < -0.39 is 6.10 Å². The largest absolute Gasteiger partial charge is 0.495 e. The van der Waals surface area contributed by atoms with Gasteiger partial charge in [0.25, 0.3) is 5.91 Å². The first-order chi connectivity index (χ1) is 10.5. The third-order valence-corrected chi connectivity index (χ3v) is 3.36. The van der Waals surface area contributed by atoms with Crippen LogP contribution in [0.5, 0.6) is 11.5 Å². The van der Waals surface area contributed by atoms with Crippen LogP contribution < -0.4 is 14.8 Å². The molecule has 0 unspecified atom stereocenters. The molecule has 2 rings (SSSR count). The van der Waals surface area contributed by atoms with E-state index in [4.69, 9.17) is 21.1 Å². The van der Waals surface area contributed by atoms with Gasteiger partial charge in [-0.3, -0.25) is 4.79 Å². The fourth-order valence-corrected chi connectivity index (χ4v) is 2.06. The third-order valence-electron chi connectivity index (χ3n) is 3.12. The molecule has 0 saturated heterocycles. The van der Waals surface area contributed by atoms with Crippen LogP contribution >= 0.6 is 11.6 Å². The van der Waals surface area contributed by atoms with E-state index in [1.165, 1.54) is 7.11 Å². The van der Waals surface area contributed by atoms with Crippen molar-refractivity contribution in [2.24, 2.45) is 0 Å². The first-order valence-corrected chi connectivity index (χ1v) is 7.25. The van der Waals surface area contributed by atoms with Crippen LogP contribution in [0.4, 0.5) is 5.69 Å². The van der Waals surface area contributed by atoms with Gasteiger partial charge in [0, 0.05) is 5.02 Å². The van der Waals surface area contributed by atoms with Gasteiger partial charge in [0.1, 0.15) is 11.5 Å². The molecule has 0 aromatic heterocycles. The lowest BCUT2D eigenvalue weighted by Gasteiger charge is -2.16. The number of benzene rings is 2. The number of carbonyl (C=O) groups excluding carboxylic acids is 1. The highest BCUT2D eigenvalue weighted by molar-refractivity contribution is 6.31. The molecule has 22 heavy (non-hydrogen) atoms.